The monoisotopic (exact) mass is 418 g/mol. The Labute approximate surface area is 167 Å². The molecule has 0 saturated carbocycles. The van der Waals surface area contributed by atoms with E-state index in [1.807, 2.05) is 0 Å². The highest BCUT2D eigenvalue weighted by Gasteiger charge is 2.22. The maximum Gasteiger partial charge on any atom is 0.264 e. The summed E-state index contributed by atoms with van der Waals surface area (Å²) in [5.41, 5.74) is -0.299. The van der Waals surface area contributed by atoms with Gasteiger partial charge in [-0.1, -0.05) is 6.07 Å². The first kappa shape index (κ1) is 20.7. The summed E-state index contributed by atoms with van der Waals surface area (Å²) in [6.07, 6.45) is 2.68. The van der Waals surface area contributed by atoms with Gasteiger partial charge in [-0.2, -0.15) is 5.10 Å². The van der Waals surface area contributed by atoms with Gasteiger partial charge in [-0.25, -0.2) is 18.1 Å². The summed E-state index contributed by atoms with van der Waals surface area (Å²) in [6, 6.07) is 5.90. The van der Waals surface area contributed by atoms with Crippen LogP contribution in [0.4, 0.5) is 5.69 Å². The third kappa shape index (κ3) is 4.69. The number of carbonyl (C=O) groups excluding carboxylic acids is 1. The van der Waals surface area contributed by atoms with E-state index in [4.69, 9.17) is 0 Å². The second kappa shape index (κ2) is 7.41. The van der Waals surface area contributed by atoms with Crippen molar-refractivity contribution in [3.63, 3.8) is 0 Å². The number of rotatable bonds is 5. The summed E-state index contributed by atoms with van der Waals surface area (Å²) < 4.78 is 30.1. The second-order valence-corrected chi connectivity index (χ2v) is 9.30. The molecule has 1 amide bonds. The molecule has 0 unspecified atom stereocenters. The highest BCUT2D eigenvalue weighted by Crippen LogP contribution is 2.17. The van der Waals surface area contributed by atoms with Crippen molar-refractivity contribution in [2.24, 2.45) is 7.05 Å². The van der Waals surface area contributed by atoms with E-state index in [-0.39, 0.29) is 17.0 Å². The molecule has 0 bridgehead atoms. The minimum absolute atomic E-state index is 0.0286. The Hall–Kier alpha value is -3.05. The fraction of sp³-hybridized carbons (Fsp3) is 0.333. The number of hydrogen-bond donors (Lipinski definition) is 2. The first-order chi connectivity index (χ1) is 13.5. The second-order valence-electron chi connectivity index (χ2n) is 7.61. The van der Waals surface area contributed by atoms with Crippen molar-refractivity contribution < 1.29 is 13.2 Å². The third-order valence-electron chi connectivity index (χ3n) is 3.90. The molecular formula is C18H22N6O4S. The van der Waals surface area contributed by atoms with Gasteiger partial charge in [0, 0.05) is 18.3 Å². The number of amides is 1. The molecule has 0 atom stereocenters. The van der Waals surface area contributed by atoms with Gasteiger partial charge < -0.3 is 5.32 Å². The highest BCUT2D eigenvalue weighted by molar-refractivity contribution is 7.89. The molecule has 11 heteroatoms. The first-order valence-electron chi connectivity index (χ1n) is 8.77. The number of aromatic nitrogens is 4. The van der Waals surface area contributed by atoms with Gasteiger partial charge >= 0.3 is 0 Å². The number of aryl methyl sites for hydroxylation is 1. The number of carbonyl (C=O) groups is 1. The third-order valence-corrected chi connectivity index (χ3v) is 5.66. The van der Waals surface area contributed by atoms with Crippen LogP contribution in [-0.2, 0) is 28.4 Å². The number of fused-ring (bicyclic) bond motifs is 1. The maximum absolute atomic E-state index is 12.5. The lowest BCUT2D eigenvalue weighted by Gasteiger charge is -2.20. The van der Waals surface area contributed by atoms with Gasteiger partial charge in [0.25, 0.3) is 5.56 Å². The number of hydrogen-bond acceptors (Lipinski definition) is 6. The van der Waals surface area contributed by atoms with Gasteiger partial charge in [0.15, 0.2) is 5.65 Å². The number of benzene rings is 1. The minimum Gasteiger partial charge on any atom is -0.324 e. The van der Waals surface area contributed by atoms with Crippen LogP contribution in [-0.4, -0.2) is 39.2 Å². The first-order valence-corrected chi connectivity index (χ1v) is 10.3. The van der Waals surface area contributed by atoms with Crippen LogP contribution >= 0.6 is 0 Å². The zero-order valence-electron chi connectivity index (χ0n) is 16.5. The van der Waals surface area contributed by atoms with E-state index in [9.17, 15) is 18.0 Å². The predicted molar refractivity (Wildman–Crippen MR) is 108 cm³/mol. The lowest BCUT2D eigenvalue weighted by Crippen LogP contribution is -2.40. The zero-order valence-corrected chi connectivity index (χ0v) is 17.3. The van der Waals surface area contributed by atoms with E-state index in [1.165, 1.54) is 40.0 Å². The van der Waals surface area contributed by atoms with Crippen LogP contribution in [0, 0.1) is 0 Å². The number of sulfonamides is 1. The highest BCUT2D eigenvalue weighted by atomic mass is 32.2. The zero-order chi connectivity index (χ0) is 21.4. The van der Waals surface area contributed by atoms with Crippen LogP contribution in [0.2, 0.25) is 0 Å². The van der Waals surface area contributed by atoms with Gasteiger partial charge in [-0.05, 0) is 39.0 Å². The Morgan fingerprint density at radius 3 is 2.66 bits per heavy atom. The van der Waals surface area contributed by atoms with Crippen LogP contribution in [0.25, 0.3) is 11.0 Å². The molecule has 1 aromatic carbocycles. The largest absolute Gasteiger partial charge is 0.324 e. The molecule has 2 N–H and O–H groups in total. The van der Waals surface area contributed by atoms with Gasteiger partial charge in [0.05, 0.1) is 11.1 Å². The molecule has 0 aliphatic carbocycles. The molecule has 0 radical (unpaired) electrons. The smallest absolute Gasteiger partial charge is 0.264 e. The van der Waals surface area contributed by atoms with E-state index in [1.54, 1.807) is 33.9 Å². The quantitative estimate of drug-likeness (QED) is 0.632. The van der Waals surface area contributed by atoms with Gasteiger partial charge in [-0.3, -0.25) is 18.8 Å². The molecule has 3 rings (SSSR count). The molecule has 0 aliphatic rings. The summed E-state index contributed by atoms with van der Waals surface area (Å²) in [7, 11) is -2.07. The van der Waals surface area contributed by atoms with E-state index in [0.717, 1.165) is 0 Å². The molecule has 10 nitrogen and oxygen atoms in total. The van der Waals surface area contributed by atoms with Crippen molar-refractivity contribution >= 4 is 32.7 Å². The van der Waals surface area contributed by atoms with E-state index < -0.39 is 21.5 Å². The Balaban J connectivity index is 1.78. The lowest BCUT2D eigenvalue weighted by atomic mass is 10.1. The molecule has 0 saturated heterocycles. The molecule has 154 valence electrons. The molecular weight excluding hydrogens is 396 g/mol. The number of nitrogens with zero attached hydrogens (tertiary/aromatic N) is 4. The normalized spacial score (nSPS) is 12.3. The lowest BCUT2D eigenvalue weighted by molar-refractivity contribution is -0.116. The van der Waals surface area contributed by atoms with Crippen molar-refractivity contribution in [3.05, 3.63) is 47.1 Å². The Morgan fingerprint density at radius 1 is 1.24 bits per heavy atom. The summed E-state index contributed by atoms with van der Waals surface area (Å²) in [6.45, 7) is 4.94. The van der Waals surface area contributed by atoms with E-state index in [0.29, 0.717) is 16.7 Å². The van der Waals surface area contributed by atoms with E-state index in [2.05, 4.69) is 20.1 Å². The van der Waals surface area contributed by atoms with Crippen molar-refractivity contribution in [2.45, 2.75) is 37.8 Å². The van der Waals surface area contributed by atoms with Crippen molar-refractivity contribution in [1.82, 2.24) is 24.1 Å². The number of anilines is 1. The average Bonchev–Trinajstić information content (AvgIpc) is 2.97. The van der Waals surface area contributed by atoms with Crippen LogP contribution in [0.1, 0.15) is 20.8 Å². The fourth-order valence-electron chi connectivity index (χ4n) is 2.74. The summed E-state index contributed by atoms with van der Waals surface area (Å²) in [4.78, 5) is 29.0. The Morgan fingerprint density at radius 2 is 1.97 bits per heavy atom. The maximum atomic E-state index is 12.5. The molecule has 2 heterocycles. The van der Waals surface area contributed by atoms with Crippen LogP contribution in [0.5, 0.6) is 0 Å². The van der Waals surface area contributed by atoms with Crippen LogP contribution < -0.4 is 15.6 Å². The predicted octanol–water partition coefficient (Wildman–Crippen LogP) is 0.845. The molecule has 29 heavy (non-hydrogen) atoms. The molecule has 0 spiro atoms. The van der Waals surface area contributed by atoms with E-state index >= 15 is 0 Å². The summed E-state index contributed by atoms with van der Waals surface area (Å²) >= 11 is 0. The topological polar surface area (TPSA) is 128 Å². The van der Waals surface area contributed by atoms with Gasteiger partial charge in [-0.15, -0.1) is 0 Å². The van der Waals surface area contributed by atoms with Crippen molar-refractivity contribution in [2.75, 3.05) is 5.32 Å². The van der Waals surface area contributed by atoms with Gasteiger partial charge in [0.2, 0.25) is 15.9 Å². The fourth-order valence-corrected chi connectivity index (χ4v) is 4.20. The SMILES string of the molecule is Cn1ncc2c(=O)n(CC(=O)Nc3cccc(S(=O)(=O)NC(C)(C)C)c3)cnc21. The standard InChI is InChI=1S/C18H22N6O4S/c1-18(2,3)22-29(27,28)13-7-5-6-12(8-13)21-15(25)10-24-11-19-16-14(17(24)26)9-20-23(16)4/h5-9,11,22H,10H2,1-4H3,(H,21,25). The molecule has 0 aliphatic heterocycles. The molecule has 0 fully saturated rings. The van der Waals surface area contributed by atoms with Gasteiger partial charge in [0.1, 0.15) is 18.3 Å². The molecule has 3 aromatic rings. The summed E-state index contributed by atoms with van der Waals surface area (Å²) in [5, 5.41) is 6.90. The van der Waals surface area contributed by atoms with Crippen molar-refractivity contribution in [1.29, 1.82) is 0 Å². The Kier molecular flexibility index (Phi) is 5.28. The summed E-state index contributed by atoms with van der Waals surface area (Å²) in [5.74, 6) is -0.490. The Bertz CT molecular complexity index is 1240. The van der Waals surface area contributed by atoms with Crippen molar-refractivity contribution in [3.8, 4) is 0 Å². The average molecular weight is 418 g/mol. The minimum atomic E-state index is -3.74. The molecule has 2 aromatic heterocycles. The van der Waals surface area contributed by atoms with Crippen LogP contribution in [0.15, 0.2) is 46.5 Å². The number of nitrogens with one attached hydrogen (secondary N) is 2. The van der Waals surface area contributed by atoms with Crippen LogP contribution in [0.3, 0.4) is 0 Å².